The molecule has 1 fully saturated rings. The topological polar surface area (TPSA) is 226 Å². The molecule has 0 saturated heterocycles. The predicted octanol–water partition coefficient (Wildman–Crippen LogP) is 7.59. The van der Waals surface area contributed by atoms with Crippen LogP contribution in [0.25, 0.3) is 0 Å². The first-order valence-corrected chi connectivity index (χ1v) is 24.9. The van der Waals surface area contributed by atoms with Crippen molar-refractivity contribution < 1.29 is 59.0 Å². The van der Waals surface area contributed by atoms with Crippen molar-refractivity contribution in [2.24, 2.45) is 0 Å². The molecule has 348 valence electrons. The van der Waals surface area contributed by atoms with Crippen molar-refractivity contribution in [3.63, 3.8) is 0 Å². The van der Waals surface area contributed by atoms with E-state index in [9.17, 15) is 50.0 Å². The summed E-state index contributed by atoms with van der Waals surface area (Å²) in [6, 6.07) is -1.24. The molecule has 0 aromatic rings. The van der Waals surface area contributed by atoms with Crippen LogP contribution in [0.4, 0.5) is 0 Å². The molecule has 1 amide bonds. The zero-order chi connectivity index (χ0) is 43.7. The number of hydrogen-bond acceptors (Lipinski definition) is 11. The second-order valence-electron chi connectivity index (χ2n) is 16.8. The van der Waals surface area contributed by atoms with Gasteiger partial charge in [0.1, 0.15) is 36.6 Å². The monoisotopic (exact) mass is 864 g/mol. The smallest absolute Gasteiger partial charge is 0.393 e. The molecule has 14 heteroatoms. The first-order chi connectivity index (χ1) is 28.3. The van der Waals surface area contributed by atoms with Crippen molar-refractivity contribution in [1.29, 1.82) is 0 Å². The number of unbranched alkanes of at least 4 members (excludes halogenated alkanes) is 23. The van der Waals surface area contributed by atoms with Gasteiger partial charge in [-0.2, -0.15) is 0 Å². The summed E-state index contributed by atoms with van der Waals surface area (Å²) in [7, 11) is -5.14. The van der Waals surface area contributed by atoms with Gasteiger partial charge in [-0.3, -0.25) is 13.8 Å². The van der Waals surface area contributed by atoms with E-state index in [0.29, 0.717) is 12.8 Å². The van der Waals surface area contributed by atoms with Crippen LogP contribution in [0.1, 0.15) is 194 Å². The number of rotatable bonds is 38. The summed E-state index contributed by atoms with van der Waals surface area (Å²) in [4.78, 5) is 23.4. The Balaban J connectivity index is 2.51. The Morgan fingerprint density at radius 1 is 0.593 bits per heavy atom. The summed E-state index contributed by atoms with van der Waals surface area (Å²) in [5.74, 6) is -0.598. The van der Waals surface area contributed by atoms with Gasteiger partial charge in [0, 0.05) is 0 Å². The molecule has 1 aliphatic carbocycles. The molecule has 1 aliphatic rings. The summed E-state index contributed by atoms with van der Waals surface area (Å²) >= 11 is 0. The molecule has 0 aromatic heterocycles. The minimum Gasteiger partial charge on any atom is -0.393 e. The third-order valence-electron chi connectivity index (χ3n) is 11.3. The van der Waals surface area contributed by atoms with Crippen molar-refractivity contribution in [3.8, 4) is 0 Å². The first kappa shape index (κ1) is 55.8. The van der Waals surface area contributed by atoms with Gasteiger partial charge in [0.05, 0.1) is 31.3 Å². The quantitative estimate of drug-likeness (QED) is 0.0166. The fourth-order valence-corrected chi connectivity index (χ4v) is 8.38. The number of hydrogen-bond donors (Lipinski definition) is 9. The molecule has 13 nitrogen and oxygen atoms in total. The minimum absolute atomic E-state index is 0.249. The molecule has 0 aromatic carbocycles. The lowest BCUT2D eigenvalue weighted by Crippen LogP contribution is -2.64. The highest BCUT2D eigenvalue weighted by atomic mass is 31.2. The lowest BCUT2D eigenvalue weighted by molar-refractivity contribution is -0.220. The molecule has 8 unspecified atom stereocenters. The number of carbonyl (C=O) groups is 1. The standard InChI is InChI=1S/C45H86NO12P/c1-3-5-7-9-11-13-15-16-17-18-19-20-21-23-24-26-28-30-32-36(47)34-39(49)46-37(38(48)33-31-29-27-25-22-14-12-10-8-6-4-2)35-57-59(55,56)58-45-43(53)41(51)40(50)42(52)44(45)54/h19-20,31,33,36-38,40-45,47-48,50-54H,3-18,21-30,32,34-35H2,1-2H3,(H,46,49)(H,55,56)/b20-19-,33-31+. The van der Waals surface area contributed by atoms with E-state index in [1.54, 1.807) is 6.08 Å². The summed E-state index contributed by atoms with van der Waals surface area (Å²) in [6.45, 7) is 3.71. The zero-order valence-corrected chi connectivity index (χ0v) is 37.6. The molecule has 9 N–H and O–H groups in total. The average molecular weight is 864 g/mol. The Labute approximate surface area is 356 Å². The lowest BCUT2D eigenvalue weighted by Gasteiger charge is -2.41. The first-order valence-electron chi connectivity index (χ1n) is 23.4. The highest BCUT2D eigenvalue weighted by molar-refractivity contribution is 7.47. The number of phosphoric ester groups is 1. The molecule has 8 atom stereocenters. The Kier molecular flexibility index (Phi) is 33.3. The number of aliphatic hydroxyl groups is 7. The maximum absolute atomic E-state index is 13.0. The van der Waals surface area contributed by atoms with Crippen molar-refractivity contribution >= 4 is 13.7 Å². The summed E-state index contributed by atoms with van der Waals surface area (Å²) < 4.78 is 22.8. The lowest BCUT2D eigenvalue weighted by atomic mass is 9.85. The number of aliphatic hydroxyl groups excluding tert-OH is 7. The van der Waals surface area contributed by atoms with E-state index in [2.05, 4.69) is 31.3 Å². The number of nitrogens with one attached hydrogen (secondary N) is 1. The van der Waals surface area contributed by atoms with E-state index in [1.807, 2.05) is 0 Å². The van der Waals surface area contributed by atoms with Gasteiger partial charge in [-0.05, 0) is 44.9 Å². The molecule has 1 rings (SSSR count). The van der Waals surface area contributed by atoms with E-state index >= 15 is 0 Å². The Morgan fingerprint density at radius 3 is 1.44 bits per heavy atom. The van der Waals surface area contributed by atoms with Gasteiger partial charge >= 0.3 is 7.82 Å². The van der Waals surface area contributed by atoms with E-state index in [4.69, 9.17) is 9.05 Å². The number of phosphoric acid groups is 1. The maximum atomic E-state index is 13.0. The van der Waals surface area contributed by atoms with Crippen LogP contribution in [0.3, 0.4) is 0 Å². The van der Waals surface area contributed by atoms with Crippen LogP contribution in [0.2, 0.25) is 0 Å². The fraction of sp³-hybridized carbons (Fsp3) is 0.889. The molecule has 0 spiro atoms. The fourth-order valence-electron chi connectivity index (χ4n) is 7.41. The van der Waals surface area contributed by atoms with Gasteiger partial charge in [0.2, 0.25) is 5.91 Å². The predicted molar refractivity (Wildman–Crippen MR) is 234 cm³/mol. The van der Waals surface area contributed by atoms with Crippen LogP contribution in [0.15, 0.2) is 24.3 Å². The number of amides is 1. The molecule has 0 aliphatic heterocycles. The van der Waals surface area contributed by atoms with Gasteiger partial charge < -0.3 is 46.0 Å². The minimum atomic E-state index is -5.14. The van der Waals surface area contributed by atoms with Crippen molar-refractivity contribution in [2.45, 2.75) is 249 Å². The average Bonchev–Trinajstić information content (AvgIpc) is 3.21. The molecule has 59 heavy (non-hydrogen) atoms. The van der Waals surface area contributed by atoms with Gasteiger partial charge in [-0.15, -0.1) is 0 Å². The second kappa shape index (κ2) is 35.3. The van der Waals surface area contributed by atoms with Crippen molar-refractivity contribution in [2.75, 3.05) is 6.61 Å². The van der Waals surface area contributed by atoms with E-state index < -0.39 is 75.2 Å². The molecular formula is C45H86NO12P. The van der Waals surface area contributed by atoms with Crippen LogP contribution < -0.4 is 5.32 Å². The number of carbonyl (C=O) groups excluding carboxylic acids is 1. The van der Waals surface area contributed by atoms with Crippen LogP contribution in [-0.4, -0.2) is 108 Å². The van der Waals surface area contributed by atoms with Gasteiger partial charge in [-0.1, -0.05) is 167 Å². The van der Waals surface area contributed by atoms with Gasteiger partial charge in [0.15, 0.2) is 0 Å². The molecular weight excluding hydrogens is 777 g/mol. The largest absolute Gasteiger partial charge is 0.472 e. The third-order valence-corrected chi connectivity index (χ3v) is 12.3. The Hall–Kier alpha value is -1.22. The third kappa shape index (κ3) is 27.5. The summed E-state index contributed by atoms with van der Waals surface area (Å²) in [5, 5.41) is 74.3. The van der Waals surface area contributed by atoms with E-state index in [-0.39, 0.29) is 6.42 Å². The van der Waals surface area contributed by atoms with E-state index in [0.717, 1.165) is 64.2 Å². The molecule has 1 saturated carbocycles. The second-order valence-corrected chi connectivity index (χ2v) is 18.2. The van der Waals surface area contributed by atoms with Crippen LogP contribution in [0, 0.1) is 0 Å². The highest BCUT2D eigenvalue weighted by Crippen LogP contribution is 2.47. The van der Waals surface area contributed by atoms with Crippen LogP contribution in [-0.2, 0) is 18.4 Å². The van der Waals surface area contributed by atoms with Crippen LogP contribution >= 0.6 is 7.82 Å². The van der Waals surface area contributed by atoms with Gasteiger partial charge in [0.25, 0.3) is 0 Å². The van der Waals surface area contributed by atoms with Crippen LogP contribution in [0.5, 0.6) is 0 Å². The Bertz CT molecular complexity index is 1110. The van der Waals surface area contributed by atoms with E-state index in [1.165, 1.54) is 102 Å². The number of allylic oxidation sites excluding steroid dienone is 3. The SMILES string of the molecule is CCCCCCCCCCC/C=C\CCCCCCCC(O)CC(=O)NC(COP(=O)(O)OC1C(O)C(O)C(O)C(O)C1O)C(O)/C=C/CCCCCCCCCCC. The molecule has 0 heterocycles. The molecule has 0 bridgehead atoms. The van der Waals surface area contributed by atoms with Crippen molar-refractivity contribution in [3.05, 3.63) is 24.3 Å². The Morgan fingerprint density at radius 2 is 0.983 bits per heavy atom. The summed E-state index contributed by atoms with van der Waals surface area (Å²) in [6.07, 6.45) is 24.2. The highest BCUT2D eigenvalue weighted by Gasteiger charge is 2.51. The van der Waals surface area contributed by atoms with Crippen molar-refractivity contribution in [1.82, 2.24) is 5.32 Å². The summed E-state index contributed by atoms with van der Waals surface area (Å²) in [5.41, 5.74) is 0. The van der Waals surface area contributed by atoms with Gasteiger partial charge in [-0.25, -0.2) is 4.57 Å². The normalized spacial score (nSPS) is 23.8. The molecule has 0 radical (unpaired) electrons. The zero-order valence-electron chi connectivity index (χ0n) is 36.7. The maximum Gasteiger partial charge on any atom is 0.472 e.